The molecule has 0 radical (unpaired) electrons. The van der Waals surface area contributed by atoms with Crippen LogP contribution in [-0.4, -0.2) is 17.0 Å². The smallest absolute Gasteiger partial charge is 0.243 e. The van der Waals surface area contributed by atoms with Crippen molar-refractivity contribution in [3.05, 3.63) is 36.4 Å². The van der Waals surface area contributed by atoms with Crippen LogP contribution >= 0.6 is 0 Å². The van der Waals surface area contributed by atoms with Gasteiger partial charge in [-0.2, -0.15) is 0 Å². The minimum atomic E-state index is -0.599. The Hall–Kier alpha value is -2.60. The van der Waals surface area contributed by atoms with Crippen LogP contribution in [0.1, 0.15) is 12.8 Å². The van der Waals surface area contributed by atoms with Crippen molar-refractivity contribution in [2.75, 3.05) is 11.1 Å². The first kappa shape index (κ1) is 13.8. The number of rotatable bonds is 4. The number of nitrogens with two attached hydrogens (primary N) is 1. The van der Waals surface area contributed by atoms with Crippen LogP contribution in [0.25, 0.3) is 10.8 Å². The maximum Gasteiger partial charge on any atom is 0.243 e. The number of amides is 2. The monoisotopic (exact) mass is 273 g/mol. The average Bonchev–Trinajstić information content (AvgIpc) is 2.45. The van der Waals surface area contributed by atoms with Crippen LogP contribution in [0, 0.1) is 0 Å². The fraction of sp³-hybridized carbons (Fsp3) is 0.143. The summed E-state index contributed by atoms with van der Waals surface area (Å²) in [5.74, 6) is -0.915. The van der Waals surface area contributed by atoms with E-state index in [1.165, 1.54) is 5.48 Å². The van der Waals surface area contributed by atoms with E-state index in [2.05, 4.69) is 5.32 Å². The Bertz CT molecular complexity index is 650. The molecule has 5 N–H and O–H groups in total. The number of hydrogen-bond acceptors (Lipinski definition) is 4. The molecule has 20 heavy (non-hydrogen) atoms. The number of nitrogen functional groups attached to an aromatic ring is 1. The van der Waals surface area contributed by atoms with Crippen LogP contribution in [-0.2, 0) is 9.59 Å². The second kappa shape index (κ2) is 6.03. The first-order valence-corrected chi connectivity index (χ1v) is 6.12. The maximum atomic E-state index is 11.8. The normalized spacial score (nSPS) is 10.2. The van der Waals surface area contributed by atoms with E-state index in [0.717, 1.165) is 10.8 Å². The second-order valence-electron chi connectivity index (χ2n) is 4.33. The molecule has 0 unspecified atom stereocenters. The van der Waals surface area contributed by atoms with Gasteiger partial charge in [0.1, 0.15) is 0 Å². The van der Waals surface area contributed by atoms with Crippen molar-refractivity contribution in [1.29, 1.82) is 0 Å². The number of hydroxylamine groups is 1. The average molecular weight is 273 g/mol. The molecule has 0 aromatic heterocycles. The summed E-state index contributed by atoms with van der Waals surface area (Å²) in [5, 5.41) is 12.8. The molecule has 0 atom stereocenters. The van der Waals surface area contributed by atoms with Crippen molar-refractivity contribution in [2.45, 2.75) is 12.8 Å². The zero-order chi connectivity index (χ0) is 14.5. The summed E-state index contributed by atoms with van der Waals surface area (Å²) in [7, 11) is 0. The molecule has 104 valence electrons. The Kier molecular flexibility index (Phi) is 4.17. The number of carbonyl (C=O) groups is 2. The summed E-state index contributed by atoms with van der Waals surface area (Å²) >= 11 is 0. The number of anilines is 2. The number of hydrogen-bond donors (Lipinski definition) is 4. The number of benzene rings is 2. The molecular formula is C14H15N3O3. The molecule has 6 heteroatoms. The van der Waals surface area contributed by atoms with E-state index in [-0.39, 0.29) is 18.7 Å². The molecule has 2 amide bonds. The van der Waals surface area contributed by atoms with Gasteiger partial charge in [-0.15, -0.1) is 0 Å². The van der Waals surface area contributed by atoms with Crippen molar-refractivity contribution in [1.82, 2.24) is 5.48 Å². The molecule has 2 aromatic carbocycles. The number of carbonyl (C=O) groups excluding carboxylic acids is 2. The highest BCUT2D eigenvalue weighted by Crippen LogP contribution is 2.28. The largest absolute Gasteiger partial charge is 0.398 e. The number of fused-ring (bicyclic) bond motifs is 1. The van der Waals surface area contributed by atoms with Gasteiger partial charge in [-0.3, -0.25) is 14.8 Å². The summed E-state index contributed by atoms with van der Waals surface area (Å²) in [6.07, 6.45) is -0.0991. The van der Waals surface area contributed by atoms with E-state index < -0.39 is 5.91 Å². The van der Waals surface area contributed by atoms with Crippen LogP contribution in [0.5, 0.6) is 0 Å². The van der Waals surface area contributed by atoms with E-state index in [1.807, 2.05) is 24.3 Å². The molecule has 0 fully saturated rings. The first-order chi connectivity index (χ1) is 9.61. The molecule has 6 nitrogen and oxygen atoms in total. The van der Waals surface area contributed by atoms with Gasteiger partial charge in [-0.1, -0.05) is 24.3 Å². The van der Waals surface area contributed by atoms with Crippen LogP contribution in [0.2, 0.25) is 0 Å². The van der Waals surface area contributed by atoms with E-state index in [9.17, 15) is 9.59 Å². The molecular weight excluding hydrogens is 258 g/mol. The Morgan fingerprint density at radius 1 is 1.05 bits per heavy atom. The van der Waals surface area contributed by atoms with Gasteiger partial charge < -0.3 is 11.1 Å². The molecule has 0 spiro atoms. The standard InChI is InChI=1S/C14H15N3O3/c15-10-5-1-3-9-4-2-6-11(14(9)10)16-12(18)7-8-13(19)17-20/h1-6,20H,7-8,15H2,(H,16,18)(H,17,19). The Labute approximate surface area is 115 Å². The summed E-state index contributed by atoms with van der Waals surface area (Å²) in [5.41, 5.74) is 8.59. The fourth-order valence-electron chi connectivity index (χ4n) is 1.97. The maximum absolute atomic E-state index is 11.8. The zero-order valence-corrected chi connectivity index (χ0v) is 10.7. The summed E-state index contributed by atoms with van der Waals surface area (Å²) in [6.45, 7) is 0. The quantitative estimate of drug-likeness (QED) is 0.386. The van der Waals surface area contributed by atoms with Gasteiger partial charge in [0.2, 0.25) is 11.8 Å². The van der Waals surface area contributed by atoms with Crippen molar-refractivity contribution in [3.8, 4) is 0 Å². The first-order valence-electron chi connectivity index (χ1n) is 6.12. The van der Waals surface area contributed by atoms with Crippen molar-refractivity contribution in [3.63, 3.8) is 0 Å². The molecule has 2 rings (SSSR count). The lowest BCUT2D eigenvalue weighted by molar-refractivity contribution is -0.130. The fourth-order valence-corrected chi connectivity index (χ4v) is 1.97. The minimum absolute atomic E-state index is 0.0183. The number of nitrogens with one attached hydrogen (secondary N) is 2. The third kappa shape index (κ3) is 3.04. The SMILES string of the molecule is Nc1cccc2cccc(NC(=O)CCC(=O)NO)c12. The summed E-state index contributed by atoms with van der Waals surface area (Å²) in [4.78, 5) is 22.6. The Morgan fingerprint density at radius 3 is 2.40 bits per heavy atom. The summed E-state index contributed by atoms with van der Waals surface area (Å²) < 4.78 is 0. The van der Waals surface area contributed by atoms with E-state index >= 15 is 0 Å². The molecule has 0 heterocycles. The van der Waals surface area contributed by atoms with Gasteiger partial charge in [-0.05, 0) is 17.5 Å². The topological polar surface area (TPSA) is 104 Å². The molecule has 0 saturated carbocycles. The molecule has 0 aliphatic rings. The third-order valence-corrected chi connectivity index (χ3v) is 2.91. The molecule has 0 saturated heterocycles. The zero-order valence-electron chi connectivity index (χ0n) is 10.7. The predicted molar refractivity (Wildman–Crippen MR) is 76.2 cm³/mol. The molecule has 2 aromatic rings. The van der Waals surface area contributed by atoms with Gasteiger partial charge in [0.25, 0.3) is 0 Å². The molecule has 0 aliphatic heterocycles. The molecule has 0 aliphatic carbocycles. The lowest BCUT2D eigenvalue weighted by atomic mass is 10.1. The van der Waals surface area contributed by atoms with Crippen molar-refractivity contribution >= 4 is 34.0 Å². The van der Waals surface area contributed by atoms with Gasteiger partial charge >= 0.3 is 0 Å². The lowest BCUT2D eigenvalue weighted by Gasteiger charge is -2.10. The van der Waals surface area contributed by atoms with Crippen LogP contribution in [0.15, 0.2) is 36.4 Å². The highest BCUT2D eigenvalue weighted by atomic mass is 16.5. The van der Waals surface area contributed by atoms with Crippen LogP contribution in [0.4, 0.5) is 11.4 Å². The minimum Gasteiger partial charge on any atom is -0.398 e. The Morgan fingerprint density at radius 2 is 1.70 bits per heavy atom. The third-order valence-electron chi connectivity index (χ3n) is 2.91. The van der Waals surface area contributed by atoms with Crippen LogP contribution < -0.4 is 16.5 Å². The summed E-state index contributed by atoms with van der Waals surface area (Å²) in [6, 6.07) is 11.0. The van der Waals surface area contributed by atoms with Gasteiger partial charge in [-0.25, -0.2) is 5.48 Å². The van der Waals surface area contributed by atoms with Gasteiger partial charge in [0, 0.05) is 23.9 Å². The van der Waals surface area contributed by atoms with Crippen molar-refractivity contribution < 1.29 is 14.8 Å². The lowest BCUT2D eigenvalue weighted by Crippen LogP contribution is -2.21. The predicted octanol–water partition coefficient (Wildman–Crippen LogP) is 1.65. The Balaban J connectivity index is 2.17. The second-order valence-corrected chi connectivity index (χ2v) is 4.33. The van der Waals surface area contributed by atoms with Crippen molar-refractivity contribution in [2.24, 2.45) is 0 Å². The van der Waals surface area contributed by atoms with E-state index in [0.29, 0.717) is 11.4 Å². The highest BCUT2D eigenvalue weighted by Gasteiger charge is 2.09. The van der Waals surface area contributed by atoms with E-state index in [1.54, 1.807) is 12.1 Å². The van der Waals surface area contributed by atoms with E-state index in [4.69, 9.17) is 10.9 Å². The highest BCUT2D eigenvalue weighted by molar-refractivity contribution is 6.07. The molecule has 0 bridgehead atoms. The van der Waals surface area contributed by atoms with Crippen LogP contribution in [0.3, 0.4) is 0 Å². The van der Waals surface area contributed by atoms with Gasteiger partial charge in [0.05, 0.1) is 5.69 Å². The van der Waals surface area contributed by atoms with Gasteiger partial charge in [0.15, 0.2) is 0 Å².